The van der Waals surface area contributed by atoms with E-state index in [2.05, 4.69) is 10.3 Å². The van der Waals surface area contributed by atoms with E-state index in [9.17, 15) is 13.2 Å². The van der Waals surface area contributed by atoms with Crippen molar-refractivity contribution in [2.24, 2.45) is 5.73 Å². The van der Waals surface area contributed by atoms with Gasteiger partial charge in [-0.15, -0.1) is 0 Å². The summed E-state index contributed by atoms with van der Waals surface area (Å²) in [6.45, 7) is 0. The second-order valence-electron chi connectivity index (χ2n) is 4.70. The van der Waals surface area contributed by atoms with Crippen molar-refractivity contribution in [3.8, 4) is 6.07 Å². The zero-order valence-electron chi connectivity index (χ0n) is 10.3. The van der Waals surface area contributed by atoms with E-state index in [1.807, 2.05) is 0 Å². The SMILES string of the molecule is N#Cc1cc(F)c(N[C@@H]2CCCC(F)(F)[C@@H]2N)nc1Cl. The van der Waals surface area contributed by atoms with Crippen molar-refractivity contribution in [2.75, 3.05) is 5.32 Å². The predicted octanol–water partition coefficient (Wildman–Crippen LogP) is 2.67. The predicted molar refractivity (Wildman–Crippen MR) is 68.1 cm³/mol. The lowest BCUT2D eigenvalue weighted by Crippen LogP contribution is -2.55. The van der Waals surface area contributed by atoms with Crippen molar-refractivity contribution in [1.82, 2.24) is 4.98 Å². The van der Waals surface area contributed by atoms with Crippen LogP contribution in [-0.2, 0) is 0 Å². The van der Waals surface area contributed by atoms with Crippen LogP contribution in [0.3, 0.4) is 0 Å². The number of anilines is 1. The van der Waals surface area contributed by atoms with E-state index in [1.165, 1.54) is 0 Å². The molecule has 20 heavy (non-hydrogen) atoms. The Hall–Kier alpha value is -1.52. The third kappa shape index (κ3) is 2.81. The van der Waals surface area contributed by atoms with E-state index in [4.69, 9.17) is 22.6 Å². The average Bonchev–Trinajstić information content (AvgIpc) is 2.38. The van der Waals surface area contributed by atoms with Gasteiger partial charge in [0.15, 0.2) is 11.6 Å². The molecule has 1 saturated carbocycles. The van der Waals surface area contributed by atoms with Gasteiger partial charge in [-0.1, -0.05) is 11.6 Å². The Morgan fingerprint density at radius 1 is 1.55 bits per heavy atom. The highest BCUT2D eigenvalue weighted by atomic mass is 35.5. The minimum Gasteiger partial charge on any atom is -0.363 e. The first-order chi connectivity index (χ1) is 9.35. The summed E-state index contributed by atoms with van der Waals surface area (Å²) in [7, 11) is 0. The van der Waals surface area contributed by atoms with Gasteiger partial charge in [-0.2, -0.15) is 5.26 Å². The number of nitrogens with zero attached hydrogens (tertiary/aromatic N) is 2. The second kappa shape index (κ2) is 5.46. The molecule has 0 aliphatic heterocycles. The molecule has 3 N–H and O–H groups in total. The summed E-state index contributed by atoms with van der Waals surface area (Å²) in [5, 5.41) is 11.1. The number of nitrogens with one attached hydrogen (secondary N) is 1. The maximum Gasteiger partial charge on any atom is 0.264 e. The first-order valence-electron chi connectivity index (χ1n) is 6.01. The molecule has 2 rings (SSSR count). The molecule has 1 aliphatic rings. The lowest BCUT2D eigenvalue weighted by atomic mass is 9.87. The van der Waals surface area contributed by atoms with E-state index in [0.717, 1.165) is 6.07 Å². The maximum atomic E-state index is 13.7. The minimum atomic E-state index is -3.00. The average molecular weight is 305 g/mol. The van der Waals surface area contributed by atoms with Crippen LogP contribution in [0.5, 0.6) is 0 Å². The van der Waals surface area contributed by atoms with E-state index < -0.39 is 23.8 Å². The second-order valence-corrected chi connectivity index (χ2v) is 5.06. The molecule has 0 bridgehead atoms. The third-order valence-corrected chi connectivity index (χ3v) is 3.61. The number of halogens is 4. The molecule has 8 heteroatoms. The van der Waals surface area contributed by atoms with Gasteiger partial charge in [0.25, 0.3) is 5.92 Å². The van der Waals surface area contributed by atoms with Gasteiger partial charge in [-0.05, 0) is 18.9 Å². The quantitative estimate of drug-likeness (QED) is 0.824. The highest BCUT2D eigenvalue weighted by Gasteiger charge is 2.44. The third-order valence-electron chi connectivity index (χ3n) is 3.32. The van der Waals surface area contributed by atoms with Gasteiger partial charge in [0.2, 0.25) is 0 Å². The summed E-state index contributed by atoms with van der Waals surface area (Å²) in [6, 6.07) is 0.363. The van der Waals surface area contributed by atoms with Crippen molar-refractivity contribution < 1.29 is 13.2 Å². The summed E-state index contributed by atoms with van der Waals surface area (Å²) in [4.78, 5) is 3.68. The lowest BCUT2D eigenvalue weighted by molar-refractivity contribution is -0.0555. The number of rotatable bonds is 2. The number of hydrogen-bond acceptors (Lipinski definition) is 4. The Kier molecular flexibility index (Phi) is 4.06. The number of nitrogens with two attached hydrogens (primary N) is 1. The highest BCUT2D eigenvalue weighted by molar-refractivity contribution is 6.30. The topological polar surface area (TPSA) is 74.7 Å². The molecular formula is C12H12ClF3N4. The number of nitriles is 1. The molecule has 4 nitrogen and oxygen atoms in total. The van der Waals surface area contributed by atoms with Crippen LogP contribution in [0.15, 0.2) is 6.07 Å². The lowest BCUT2D eigenvalue weighted by Gasteiger charge is -2.36. The summed E-state index contributed by atoms with van der Waals surface area (Å²) in [5.74, 6) is -4.10. The summed E-state index contributed by atoms with van der Waals surface area (Å²) >= 11 is 5.69. The van der Waals surface area contributed by atoms with E-state index >= 15 is 0 Å². The Labute approximate surface area is 118 Å². The first kappa shape index (κ1) is 14.9. The van der Waals surface area contributed by atoms with Crippen LogP contribution < -0.4 is 11.1 Å². The monoisotopic (exact) mass is 304 g/mol. The van der Waals surface area contributed by atoms with E-state index in [1.54, 1.807) is 6.07 Å². The number of pyridine rings is 1. The van der Waals surface area contributed by atoms with Crippen molar-refractivity contribution in [1.29, 1.82) is 5.26 Å². The zero-order chi connectivity index (χ0) is 14.9. The summed E-state index contributed by atoms with van der Waals surface area (Å²) in [5.41, 5.74) is 5.38. The summed E-state index contributed by atoms with van der Waals surface area (Å²) in [6.07, 6.45) is 0.385. The van der Waals surface area contributed by atoms with E-state index in [0.29, 0.717) is 6.42 Å². The van der Waals surface area contributed by atoms with Crippen LogP contribution in [0.4, 0.5) is 19.0 Å². The molecule has 0 radical (unpaired) electrons. The van der Waals surface area contributed by atoms with Crippen molar-refractivity contribution in [3.63, 3.8) is 0 Å². The first-order valence-corrected chi connectivity index (χ1v) is 6.39. The van der Waals surface area contributed by atoms with Crippen LogP contribution in [0.25, 0.3) is 0 Å². The van der Waals surface area contributed by atoms with Gasteiger partial charge in [0.1, 0.15) is 11.2 Å². The van der Waals surface area contributed by atoms with E-state index in [-0.39, 0.29) is 29.4 Å². The van der Waals surface area contributed by atoms with Crippen LogP contribution in [0.2, 0.25) is 5.15 Å². The molecular weight excluding hydrogens is 293 g/mol. The Bertz CT molecular complexity index is 558. The zero-order valence-corrected chi connectivity index (χ0v) is 11.1. The standard InChI is InChI=1S/C12H12ClF3N4/c13-10-6(5-17)4-7(14)11(20-10)19-8-2-1-3-12(15,16)9(8)18/h4,8-9H,1-3,18H2,(H,19,20)/t8-,9-/m1/s1. The molecule has 1 aliphatic carbocycles. The molecule has 0 unspecified atom stereocenters. The van der Waals surface area contributed by atoms with Crippen molar-refractivity contribution in [3.05, 3.63) is 22.6 Å². The fourth-order valence-electron chi connectivity index (χ4n) is 2.18. The molecule has 1 aromatic heterocycles. The van der Waals surface area contributed by atoms with Gasteiger partial charge < -0.3 is 11.1 Å². The maximum absolute atomic E-state index is 13.7. The highest BCUT2D eigenvalue weighted by Crippen LogP contribution is 2.34. The Morgan fingerprint density at radius 3 is 2.90 bits per heavy atom. The van der Waals surface area contributed by atoms with Gasteiger partial charge in [0.05, 0.1) is 11.6 Å². The van der Waals surface area contributed by atoms with Gasteiger partial charge in [-0.25, -0.2) is 18.2 Å². The largest absolute Gasteiger partial charge is 0.363 e. The molecule has 0 spiro atoms. The minimum absolute atomic E-state index is 0.118. The normalized spacial score (nSPS) is 25.0. The summed E-state index contributed by atoms with van der Waals surface area (Å²) < 4.78 is 40.7. The number of hydrogen-bond donors (Lipinski definition) is 2. The molecule has 1 fully saturated rings. The van der Waals surface area contributed by atoms with Crippen LogP contribution >= 0.6 is 11.6 Å². The van der Waals surface area contributed by atoms with Crippen LogP contribution in [0, 0.1) is 17.1 Å². The Morgan fingerprint density at radius 2 is 2.25 bits per heavy atom. The molecule has 2 atom stereocenters. The van der Waals surface area contributed by atoms with Crippen LogP contribution in [-0.4, -0.2) is 23.0 Å². The smallest absolute Gasteiger partial charge is 0.264 e. The molecule has 0 saturated heterocycles. The molecule has 0 aromatic carbocycles. The van der Waals surface area contributed by atoms with Gasteiger partial charge in [-0.3, -0.25) is 0 Å². The van der Waals surface area contributed by atoms with Crippen molar-refractivity contribution >= 4 is 17.4 Å². The van der Waals surface area contributed by atoms with Crippen molar-refractivity contribution in [2.45, 2.75) is 37.3 Å². The fourth-order valence-corrected chi connectivity index (χ4v) is 2.36. The number of aromatic nitrogens is 1. The van der Waals surface area contributed by atoms with Gasteiger partial charge in [0, 0.05) is 12.5 Å². The fraction of sp³-hybridized carbons (Fsp3) is 0.500. The molecule has 0 amide bonds. The van der Waals surface area contributed by atoms with Crippen LogP contribution in [0.1, 0.15) is 24.8 Å². The molecule has 1 heterocycles. The number of alkyl halides is 2. The Balaban J connectivity index is 2.22. The molecule has 1 aromatic rings. The molecule has 108 valence electrons. The van der Waals surface area contributed by atoms with Gasteiger partial charge >= 0.3 is 0 Å².